The topological polar surface area (TPSA) is 101 Å². The van der Waals surface area contributed by atoms with E-state index in [1.807, 2.05) is 42.1 Å². The molecule has 2 fully saturated rings. The third-order valence-corrected chi connectivity index (χ3v) is 8.95. The largest absolute Gasteiger partial charge is 0.490 e. The molecule has 0 unspecified atom stereocenters. The number of hydrogen-bond donors (Lipinski definition) is 1. The molecule has 12 heteroatoms. The Morgan fingerprint density at radius 3 is 2.57 bits per heavy atom. The number of nitriles is 1. The number of aryl methyl sites for hydroxylation is 1. The highest BCUT2D eigenvalue weighted by Gasteiger charge is 2.21. The summed E-state index contributed by atoms with van der Waals surface area (Å²) < 4.78 is 19.5. The highest BCUT2D eigenvalue weighted by Crippen LogP contribution is 2.39. The number of morpholine rings is 2. The van der Waals surface area contributed by atoms with Gasteiger partial charge in [-0.2, -0.15) is 5.26 Å². The Hall–Kier alpha value is -3.53. The first-order valence-corrected chi connectivity index (χ1v) is 15.1. The molecule has 2 aromatic carbocycles. The van der Waals surface area contributed by atoms with E-state index in [1.54, 1.807) is 12.4 Å². The van der Waals surface area contributed by atoms with Crippen LogP contribution in [0.15, 0.2) is 59.0 Å². The zero-order valence-electron chi connectivity index (χ0n) is 23.4. The van der Waals surface area contributed by atoms with Crippen molar-refractivity contribution in [2.24, 2.45) is 7.05 Å². The molecule has 4 heterocycles. The van der Waals surface area contributed by atoms with Crippen LogP contribution >= 0.6 is 23.4 Å². The van der Waals surface area contributed by atoms with E-state index in [2.05, 4.69) is 37.2 Å². The van der Waals surface area contributed by atoms with Gasteiger partial charge in [-0.05, 0) is 30.3 Å². The molecule has 0 spiro atoms. The van der Waals surface area contributed by atoms with Crippen molar-refractivity contribution in [1.29, 1.82) is 5.26 Å². The Morgan fingerprint density at radius 2 is 1.86 bits per heavy atom. The van der Waals surface area contributed by atoms with Crippen LogP contribution < -0.4 is 15.0 Å². The highest BCUT2D eigenvalue weighted by atomic mass is 35.5. The van der Waals surface area contributed by atoms with Gasteiger partial charge < -0.3 is 29.0 Å². The van der Waals surface area contributed by atoms with Gasteiger partial charge in [0.05, 0.1) is 53.9 Å². The molecule has 0 radical (unpaired) electrons. The fourth-order valence-electron chi connectivity index (χ4n) is 5.06. The third kappa shape index (κ3) is 6.43. The molecule has 0 saturated carbocycles. The van der Waals surface area contributed by atoms with E-state index in [0.717, 1.165) is 84.0 Å². The minimum Gasteiger partial charge on any atom is -0.490 e. The molecule has 0 bridgehead atoms. The summed E-state index contributed by atoms with van der Waals surface area (Å²) in [6, 6.07) is 12.1. The van der Waals surface area contributed by atoms with Crippen molar-refractivity contribution in [3.8, 4) is 11.8 Å². The van der Waals surface area contributed by atoms with Gasteiger partial charge in [-0.15, -0.1) is 0 Å². The Balaban J connectivity index is 1.31. The second-order valence-electron chi connectivity index (χ2n) is 10.1. The van der Waals surface area contributed by atoms with E-state index >= 15 is 0 Å². The lowest BCUT2D eigenvalue weighted by Crippen LogP contribution is -2.39. The third-order valence-electron chi connectivity index (χ3n) is 7.37. The van der Waals surface area contributed by atoms with Gasteiger partial charge >= 0.3 is 0 Å². The van der Waals surface area contributed by atoms with Crippen molar-refractivity contribution in [1.82, 2.24) is 19.4 Å². The number of rotatable bonds is 9. The minimum absolute atomic E-state index is 0.434. The monoisotopic (exact) mass is 605 g/mol. The van der Waals surface area contributed by atoms with Crippen LogP contribution in [-0.2, 0) is 16.5 Å². The average Bonchev–Trinajstić information content (AvgIpc) is 3.43. The van der Waals surface area contributed by atoms with Crippen LogP contribution in [0, 0.1) is 11.3 Å². The smallest absolute Gasteiger partial charge is 0.172 e. The number of benzene rings is 2. The van der Waals surface area contributed by atoms with Gasteiger partial charge in [-0.3, -0.25) is 9.88 Å². The van der Waals surface area contributed by atoms with Gasteiger partial charge in [-0.1, -0.05) is 23.4 Å². The zero-order chi connectivity index (χ0) is 28.9. The van der Waals surface area contributed by atoms with Crippen LogP contribution in [0.3, 0.4) is 0 Å². The van der Waals surface area contributed by atoms with Crippen molar-refractivity contribution in [2.75, 3.05) is 76.0 Å². The molecule has 4 aromatic rings. The maximum Gasteiger partial charge on any atom is 0.172 e. The number of imidazole rings is 1. The summed E-state index contributed by atoms with van der Waals surface area (Å²) >= 11 is 8.18. The standard InChI is InChI=1S/C30H32ClN7O3S/c1-36-5-4-33-30(36)42-28-3-2-22(16-24(28)31)35-29-21(19-32)20-34-25-18-26(38-9-13-40-14-10-38)27(17-23(25)29)41-15-8-37-6-11-39-12-7-37/h2-5,16-18,20H,6-15H2,1H3,(H,34,35). The van der Waals surface area contributed by atoms with Crippen LogP contribution in [0.5, 0.6) is 5.75 Å². The predicted molar refractivity (Wildman–Crippen MR) is 164 cm³/mol. The van der Waals surface area contributed by atoms with E-state index in [9.17, 15) is 5.26 Å². The number of aromatic nitrogens is 3. The number of pyridine rings is 1. The maximum absolute atomic E-state index is 10.00. The molecule has 10 nitrogen and oxygen atoms in total. The van der Waals surface area contributed by atoms with Gasteiger partial charge in [0, 0.05) is 74.3 Å². The van der Waals surface area contributed by atoms with Crippen molar-refractivity contribution in [3.63, 3.8) is 0 Å². The summed E-state index contributed by atoms with van der Waals surface area (Å²) in [4.78, 5) is 14.5. The Kier molecular flexibility index (Phi) is 8.98. The predicted octanol–water partition coefficient (Wildman–Crippen LogP) is 4.94. The first-order valence-electron chi connectivity index (χ1n) is 13.9. The Bertz CT molecular complexity index is 1600. The Morgan fingerprint density at radius 1 is 1.07 bits per heavy atom. The molecule has 0 atom stereocenters. The van der Waals surface area contributed by atoms with Gasteiger partial charge in [-0.25, -0.2) is 4.98 Å². The van der Waals surface area contributed by atoms with Crippen LogP contribution in [0.2, 0.25) is 5.02 Å². The highest BCUT2D eigenvalue weighted by molar-refractivity contribution is 7.99. The summed E-state index contributed by atoms with van der Waals surface area (Å²) in [5, 5.41) is 15.7. The quantitative estimate of drug-likeness (QED) is 0.282. The second kappa shape index (κ2) is 13.2. The van der Waals surface area contributed by atoms with Crippen molar-refractivity contribution in [2.45, 2.75) is 10.1 Å². The number of nitrogens with zero attached hydrogens (tertiary/aromatic N) is 6. The van der Waals surface area contributed by atoms with E-state index in [0.29, 0.717) is 36.1 Å². The summed E-state index contributed by atoms with van der Waals surface area (Å²) in [5.74, 6) is 0.762. The van der Waals surface area contributed by atoms with E-state index in [1.165, 1.54) is 11.8 Å². The number of hydrogen-bond acceptors (Lipinski definition) is 10. The number of ether oxygens (including phenoxy) is 3. The van der Waals surface area contributed by atoms with Gasteiger partial charge in [0.15, 0.2) is 5.16 Å². The van der Waals surface area contributed by atoms with Gasteiger partial charge in [0.1, 0.15) is 18.4 Å². The molecule has 42 heavy (non-hydrogen) atoms. The minimum atomic E-state index is 0.434. The molecule has 0 amide bonds. The number of nitrogens with one attached hydrogen (secondary N) is 1. The summed E-state index contributed by atoms with van der Waals surface area (Å²) in [6.07, 6.45) is 5.27. The molecule has 1 N–H and O–H groups in total. The molecule has 218 valence electrons. The van der Waals surface area contributed by atoms with Crippen LogP contribution in [0.25, 0.3) is 10.9 Å². The summed E-state index contributed by atoms with van der Waals surface area (Å²) in [6.45, 7) is 7.53. The van der Waals surface area contributed by atoms with Crippen LogP contribution in [0.4, 0.5) is 17.1 Å². The molecular weight excluding hydrogens is 574 g/mol. The molecule has 2 aromatic heterocycles. The zero-order valence-corrected chi connectivity index (χ0v) is 25.0. The lowest BCUT2D eigenvalue weighted by Gasteiger charge is -2.31. The average molecular weight is 606 g/mol. The normalized spacial score (nSPS) is 16.0. The van der Waals surface area contributed by atoms with E-state index in [4.69, 9.17) is 25.8 Å². The number of halogens is 1. The van der Waals surface area contributed by atoms with Crippen molar-refractivity contribution < 1.29 is 14.2 Å². The first kappa shape index (κ1) is 28.6. The Labute approximate surface area is 254 Å². The first-order chi connectivity index (χ1) is 20.6. The summed E-state index contributed by atoms with van der Waals surface area (Å²) in [7, 11) is 1.95. The fourth-order valence-corrected chi connectivity index (χ4v) is 6.16. The number of fused-ring (bicyclic) bond motifs is 1. The fraction of sp³-hybridized carbons (Fsp3) is 0.367. The van der Waals surface area contributed by atoms with Crippen molar-refractivity contribution >= 4 is 51.3 Å². The van der Waals surface area contributed by atoms with E-state index < -0.39 is 0 Å². The van der Waals surface area contributed by atoms with Crippen LogP contribution in [-0.4, -0.2) is 85.2 Å². The maximum atomic E-state index is 10.00. The van der Waals surface area contributed by atoms with Crippen LogP contribution in [0.1, 0.15) is 5.56 Å². The summed E-state index contributed by atoms with van der Waals surface area (Å²) in [5.41, 5.74) is 3.61. The molecule has 6 rings (SSSR count). The molecule has 2 aliphatic rings. The second-order valence-corrected chi connectivity index (χ2v) is 11.5. The van der Waals surface area contributed by atoms with E-state index in [-0.39, 0.29) is 0 Å². The molecule has 2 aliphatic heterocycles. The molecule has 2 saturated heterocycles. The number of anilines is 3. The molecule has 0 aliphatic carbocycles. The lowest BCUT2D eigenvalue weighted by atomic mass is 10.1. The lowest BCUT2D eigenvalue weighted by molar-refractivity contribution is 0.0322. The SMILES string of the molecule is Cn1ccnc1Sc1ccc(Nc2c(C#N)cnc3cc(N4CCOCC4)c(OCCN4CCOCC4)cc23)cc1Cl. The van der Waals surface area contributed by atoms with Gasteiger partial charge in [0.25, 0.3) is 0 Å². The van der Waals surface area contributed by atoms with Gasteiger partial charge in [0.2, 0.25) is 0 Å². The molecular formula is C30H32ClN7O3S. The van der Waals surface area contributed by atoms with Crippen molar-refractivity contribution in [3.05, 3.63) is 59.5 Å².